The van der Waals surface area contributed by atoms with E-state index < -0.39 is 11.4 Å². The van der Waals surface area contributed by atoms with Crippen LogP contribution in [0.4, 0.5) is 0 Å². The number of ether oxygens (including phenoxy) is 1. The summed E-state index contributed by atoms with van der Waals surface area (Å²) in [6.45, 7) is 7.06. The molecule has 1 saturated heterocycles. The van der Waals surface area contributed by atoms with Crippen LogP contribution in [0.1, 0.15) is 71.3 Å². The Hall–Kier alpha value is -2.04. The van der Waals surface area contributed by atoms with Crippen molar-refractivity contribution >= 4 is 11.9 Å². The molecule has 4 fully saturated rings. The van der Waals surface area contributed by atoms with Gasteiger partial charge in [-0.2, -0.15) is 0 Å². The molecule has 3 aliphatic carbocycles. The van der Waals surface area contributed by atoms with Gasteiger partial charge in [-0.25, -0.2) is 0 Å². The van der Waals surface area contributed by atoms with E-state index in [1.807, 2.05) is 36.2 Å². The van der Waals surface area contributed by atoms with Crippen molar-refractivity contribution in [1.82, 2.24) is 4.90 Å². The van der Waals surface area contributed by atoms with Crippen molar-refractivity contribution < 1.29 is 19.4 Å². The number of hydrogen-bond donors (Lipinski definition) is 1. The van der Waals surface area contributed by atoms with Crippen LogP contribution < -0.4 is 4.74 Å². The lowest BCUT2D eigenvalue weighted by molar-refractivity contribution is -0.173. The van der Waals surface area contributed by atoms with Gasteiger partial charge in [0.1, 0.15) is 5.75 Å². The number of methoxy groups -OCH3 is 1. The average Bonchev–Trinajstić information content (AvgIpc) is 3.12. The summed E-state index contributed by atoms with van der Waals surface area (Å²) in [4.78, 5) is 27.7. The molecule has 33 heavy (non-hydrogen) atoms. The summed E-state index contributed by atoms with van der Waals surface area (Å²) < 4.78 is 5.48. The molecule has 5 nitrogen and oxygen atoms in total. The van der Waals surface area contributed by atoms with Crippen LogP contribution in [0.5, 0.6) is 5.75 Å². The molecule has 1 aromatic carbocycles. The molecule has 3 unspecified atom stereocenters. The maximum absolute atomic E-state index is 13.1. The molecule has 1 aromatic rings. The summed E-state index contributed by atoms with van der Waals surface area (Å²) in [5.41, 5.74) is -0.145. The number of hydrogen-bond acceptors (Lipinski definition) is 3. The predicted octanol–water partition coefficient (Wildman–Crippen LogP) is 5.13. The molecule has 1 amide bonds. The number of likely N-dealkylation sites (tertiary alicyclic amines) is 1. The van der Waals surface area contributed by atoms with Crippen molar-refractivity contribution in [2.45, 2.75) is 77.2 Å². The molecule has 0 radical (unpaired) electrons. The number of carboxylic acid groups (broad SMARTS) is 1. The summed E-state index contributed by atoms with van der Waals surface area (Å²) in [5, 5.41) is 10.8. The Kier molecular flexibility index (Phi) is 5.15. The molecule has 180 valence electrons. The fraction of sp³-hybridized carbons (Fsp3) is 0.714. The highest BCUT2D eigenvalue weighted by atomic mass is 16.5. The lowest BCUT2D eigenvalue weighted by atomic mass is 9.43. The van der Waals surface area contributed by atoms with Gasteiger partial charge in [0.05, 0.1) is 12.5 Å². The SMILES string of the molecule is COc1cccc(C2(C(=O)O)CC[C@H]3[C@@H]4C(C)CC5N(C)C(=O)CC[C@]5(C)[C@@H]4CC[C@@]32C)c1. The van der Waals surface area contributed by atoms with Crippen LogP contribution in [0.25, 0.3) is 0 Å². The zero-order valence-corrected chi connectivity index (χ0v) is 20.8. The Morgan fingerprint density at radius 3 is 2.58 bits per heavy atom. The number of fused-ring (bicyclic) bond motifs is 5. The first-order valence-corrected chi connectivity index (χ1v) is 12.7. The molecule has 5 rings (SSSR count). The number of aliphatic carboxylic acids is 1. The third kappa shape index (κ3) is 2.83. The third-order valence-electron chi connectivity index (χ3n) is 11.1. The van der Waals surface area contributed by atoms with E-state index in [-0.39, 0.29) is 16.7 Å². The van der Waals surface area contributed by atoms with Crippen molar-refractivity contribution in [3.05, 3.63) is 29.8 Å². The molecule has 3 saturated carbocycles. The summed E-state index contributed by atoms with van der Waals surface area (Å²) in [6, 6.07) is 8.10. The van der Waals surface area contributed by atoms with E-state index in [1.165, 1.54) is 0 Å². The number of nitrogens with zero attached hydrogens (tertiary/aromatic N) is 1. The second-order valence-corrected chi connectivity index (χ2v) is 12.0. The maximum Gasteiger partial charge on any atom is 0.314 e. The number of benzene rings is 1. The zero-order chi connectivity index (χ0) is 23.8. The molecular formula is C28H39NO4. The minimum atomic E-state index is -0.881. The second kappa shape index (κ2) is 7.48. The van der Waals surface area contributed by atoms with Gasteiger partial charge in [-0.3, -0.25) is 9.59 Å². The highest BCUT2D eigenvalue weighted by Crippen LogP contribution is 2.70. The van der Waals surface area contributed by atoms with Crippen molar-refractivity contribution in [2.75, 3.05) is 14.2 Å². The van der Waals surface area contributed by atoms with Gasteiger partial charge < -0.3 is 14.7 Å². The Morgan fingerprint density at radius 2 is 1.88 bits per heavy atom. The van der Waals surface area contributed by atoms with Crippen LogP contribution in [0, 0.1) is 34.5 Å². The first-order valence-electron chi connectivity index (χ1n) is 12.7. The summed E-state index contributed by atoms with van der Waals surface area (Å²) in [7, 11) is 3.64. The standard InChI is InChI=1S/C28H39NO4/c1-17-15-22-26(2,12-11-23(30)29(22)4)20-9-13-27(3)21(24(17)20)10-14-28(27,25(31)32)18-7-6-8-19(16-18)33-5/h6-8,16-17,20-22,24H,9-15H2,1-5H3,(H,31,32)/t17?,20-,21+,22?,24-,26-,27+,28?/m1/s1. The van der Waals surface area contributed by atoms with Crippen LogP contribution in [0.15, 0.2) is 24.3 Å². The monoisotopic (exact) mass is 453 g/mol. The quantitative estimate of drug-likeness (QED) is 0.689. The average molecular weight is 454 g/mol. The molecule has 0 bridgehead atoms. The summed E-state index contributed by atoms with van der Waals surface area (Å²) in [5.74, 6) is 2.26. The lowest BCUT2D eigenvalue weighted by Gasteiger charge is -2.64. The highest BCUT2D eigenvalue weighted by Gasteiger charge is 2.69. The van der Waals surface area contributed by atoms with Gasteiger partial charge in [0.2, 0.25) is 5.91 Å². The fourth-order valence-electron chi connectivity index (χ4n) is 9.34. The number of amides is 1. The molecule has 5 heteroatoms. The predicted molar refractivity (Wildman–Crippen MR) is 127 cm³/mol. The Bertz CT molecular complexity index is 976. The van der Waals surface area contributed by atoms with Crippen LogP contribution in [0.3, 0.4) is 0 Å². The smallest absolute Gasteiger partial charge is 0.314 e. The summed E-state index contributed by atoms with van der Waals surface area (Å²) in [6.07, 6.45) is 6.27. The Labute approximate surface area is 197 Å². The van der Waals surface area contributed by atoms with Gasteiger partial charge in [-0.15, -0.1) is 0 Å². The number of carbonyl (C=O) groups is 2. The topological polar surface area (TPSA) is 66.8 Å². The van der Waals surface area contributed by atoms with Gasteiger partial charge in [0, 0.05) is 19.5 Å². The van der Waals surface area contributed by atoms with Crippen LogP contribution in [0.2, 0.25) is 0 Å². The van der Waals surface area contributed by atoms with Crippen LogP contribution >= 0.6 is 0 Å². The number of rotatable bonds is 3. The Balaban J connectivity index is 1.57. The van der Waals surface area contributed by atoms with E-state index in [9.17, 15) is 14.7 Å². The second-order valence-electron chi connectivity index (χ2n) is 12.0. The van der Waals surface area contributed by atoms with Gasteiger partial charge in [-0.05, 0) is 90.7 Å². The minimum Gasteiger partial charge on any atom is -0.497 e. The normalized spacial score (nSPS) is 44.6. The van der Waals surface area contributed by atoms with Gasteiger partial charge in [-0.1, -0.05) is 32.9 Å². The first kappa shape index (κ1) is 22.7. The van der Waals surface area contributed by atoms with Gasteiger partial charge in [0.25, 0.3) is 0 Å². The van der Waals surface area contributed by atoms with Crippen molar-refractivity contribution in [1.29, 1.82) is 0 Å². The van der Waals surface area contributed by atoms with Crippen molar-refractivity contribution in [3.63, 3.8) is 0 Å². The van der Waals surface area contributed by atoms with E-state index in [0.29, 0.717) is 42.6 Å². The third-order valence-corrected chi connectivity index (χ3v) is 11.1. The van der Waals surface area contributed by atoms with Gasteiger partial charge in [0.15, 0.2) is 0 Å². The van der Waals surface area contributed by atoms with E-state index in [1.54, 1.807) is 7.11 Å². The minimum absolute atomic E-state index is 0.131. The molecular weight excluding hydrogens is 414 g/mol. The number of piperidine rings is 1. The van der Waals surface area contributed by atoms with E-state index in [0.717, 1.165) is 43.4 Å². The number of carboxylic acids is 1. The molecule has 8 atom stereocenters. The molecule has 1 aliphatic heterocycles. The van der Waals surface area contributed by atoms with Crippen molar-refractivity contribution in [2.24, 2.45) is 34.5 Å². The first-order chi connectivity index (χ1) is 15.6. The van der Waals surface area contributed by atoms with Crippen LogP contribution in [-0.2, 0) is 15.0 Å². The molecule has 0 spiro atoms. The van der Waals surface area contributed by atoms with E-state index in [4.69, 9.17) is 4.74 Å². The number of carbonyl (C=O) groups excluding carboxylic acids is 1. The highest BCUT2D eigenvalue weighted by molar-refractivity contribution is 5.84. The Morgan fingerprint density at radius 1 is 1.15 bits per heavy atom. The lowest BCUT2D eigenvalue weighted by Crippen LogP contribution is -2.64. The zero-order valence-electron chi connectivity index (χ0n) is 20.8. The van der Waals surface area contributed by atoms with Crippen molar-refractivity contribution in [3.8, 4) is 5.75 Å². The van der Waals surface area contributed by atoms with E-state index in [2.05, 4.69) is 20.8 Å². The molecule has 4 aliphatic rings. The summed E-state index contributed by atoms with van der Waals surface area (Å²) >= 11 is 0. The van der Waals surface area contributed by atoms with Crippen LogP contribution in [-0.4, -0.2) is 42.1 Å². The molecule has 0 aromatic heterocycles. The fourth-order valence-corrected chi connectivity index (χ4v) is 9.34. The van der Waals surface area contributed by atoms with E-state index >= 15 is 0 Å². The molecule has 1 N–H and O–H groups in total. The van der Waals surface area contributed by atoms with Gasteiger partial charge >= 0.3 is 5.97 Å². The molecule has 1 heterocycles. The largest absolute Gasteiger partial charge is 0.497 e. The maximum atomic E-state index is 13.1.